The van der Waals surface area contributed by atoms with Crippen LogP contribution in [-0.2, 0) is 18.4 Å². The molecule has 1 atom stereocenters. The van der Waals surface area contributed by atoms with Gasteiger partial charge in [0.2, 0.25) is 11.7 Å². The highest BCUT2D eigenvalue weighted by Gasteiger charge is 2.37. The first-order valence-corrected chi connectivity index (χ1v) is 9.13. The number of aliphatic hydroxyl groups excluding tert-OH is 1. The fourth-order valence-corrected chi connectivity index (χ4v) is 3.72. The summed E-state index contributed by atoms with van der Waals surface area (Å²) in [6, 6.07) is 18.2. The van der Waals surface area contributed by atoms with E-state index >= 15 is 0 Å². The van der Waals surface area contributed by atoms with Gasteiger partial charge < -0.3 is 14.9 Å². The molecule has 2 aromatic carbocycles. The predicted octanol–water partition coefficient (Wildman–Crippen LogP) is 3.09. The Morgan fingerprint density at radius 3 is 2.73 bits per heavy atom. The van der Waals surface area contributed by atoms with Crippen molar-refractivity contribution in [2.24, 2.45) is 0 Å². The molecular formula is C21H23N3O2. The van der Waals surface area contributed by atoms with E-state index in [-0.39, 0.29) is 12.1 Å². The molecule has 0 radical (unpaired) electrons. The molecule has 5 heteroatoms. The highest BCUT2D eigenvalue weighted by atomic mass is 16.5. The van der Waals surface area contributed by atoms with E-state index < -0.39 is 0 Å². The van der Waals surface area contributed by atoms with Crippen LogP contribution in [0, 0.1) is 0 Å². The Morgan fingerprint density at radius 1 is 1.08 bits per heavy atom. The highest BCUT2D eigenvalue weighted by Crippen LogP contribution is 2.36. The lowest BCUT2D eigenvalue weighted by Crippen LogP contribution is -2.44. The fraction of sp³-hybridized carbons (Fsp3) is 0.333. The van der Waals surface area contributed by atoms with E-state index in [1.54, 1.807) is 0 Å². The molecule has 0 fully saturated rings. The smallest absolute Gasteiger partial charge is 0.227 e. The van der Waals surface area contributed by atoms with Crippen LogP contribution < -0.4 is 5.32 Å². The van der Waals surface area contributed by atoms with E-state index in [1.165, 1.54) is 11.1 Å². The minimum atomic E-state index is -0.319. The average molecular weight is 349 g/mol. The monoisotopic (exact) mass is 349 g/mol. The number of hydrogen-bond acceptors (Lipinski definition) is 5. The van der Waals surface area contributed by atoms with E-state index in [1.807, 2.05) is 36.4 Å². The van der Waals surface area contributed by atoms with Gasteiger partial charge in [0.15, 0.2) is 0 Å². The Bertz CT molecular complexity index is 862. The maximum Gasteiger partial charge on any atom is 0.227 e. The van der Waals surface area contributed by atoms with Crippen molar-refractivity contribution in [2.75, 3.05) is 13.2 Å². The maximum atomic E-state index is 10.0. The van der Waals surface area contributed by atoms with Gasteiger partial charge in [0.25, 0.3) is 0 Å². The first-order chi connectivity index (χ1) is 12.8. The number of aliphatic hydroxyl groups is 1. The summed E-state index contributed by atoms with van der Waals surface area (Å²) in [5.74, 6) is 1.28. The Kier molecular flexibility index (Phi) is 4.82. The summed E-state index contributed by atoms with van der Waals surface area (Å²) < 4.78 is 5.36. The molecule has 0 saturated heterocycles. The van der Waals surface area contributed by atoms with Gasteiger partial charge in [0.05, 0.1) is 12.1 Å². The molecule has 4 rings (SSSR count). The number of nitrogens with zero attached hydrogens (tertiary/aromatic N) is 2. The van der Waals surface area contributed by atoms with Crippen molar-refractivity contribution in [1.29, 1.82) is 0 Å². The SMILES string of the molecule is OCC1(NCCCc2nc(-c3ccccc3)no2)CCc2ccccc21. The lowest BCUT2D eigenvalue weighted by atomic mass is 9.92. The number of aromatic nitrogens is 2. The second-order valence-corrected chi connectivity index (χ2v) is 6.81. The summed E-state index contributed by atoms with van der Waals surface area (Å²) in [6.45, 7) is 0.903. The molecule has 0 saturated carbocycles. The third-order valence-corrected chi connectivity index (χ3v) is 5.15. The third kappa shape index (κ3) is 3.28. The Labute approximate surface area is 153 Å². The number of nitrogens with one attached hydrogen (secondary N) is 1. The van der Waals surface area contributed by atoms with Crippen LogP contribution in [0.2, 0.25) is 0 Å². The van der Waals surface area contributed by atoms with Crippen LogP contribution in [0.3, 0.4) is 0 Å². The molecule has 26 heavy (non-hydrogen) atoms. The number of benzene rings is 2. The van der Waals surface area contributed by atoms with Crippen molar-refractivity contribution in [3.05, 3.63) is 71.6 Å². The molecule has 134 valence electrons. The van der Waals surface area contributed by atoms with E-state index in [4.69, 9.17) is 4.52 Å². The zero-order valence-electron chi connectivity index (χ0n) is 14.7. The fourth-order valence-electron chi connectivity index (χ4n) is 3.72. The van der Waals surface area contributed by atoms with Gasteiger partial charge in [-0.05, 0) is 36.9 Å². The summed E-state index contributed by atoms with van der Waals surface area (Å²) in [6.07, 6.45) is 3.53. The van der Waals surface area contributed by atoms with Crippen LogP contribution in [0.15, 0.2) is 59.1 Å². The van der Waals surface area contributed by atoms with Crippen LogP contribution >= 0.6 is 0 Å². The van der Waals surface area contributed by atoms with Gasteiger partial charge in [0, 0.05) is 12.0 Å². The summed E-state index contributed by atoms with van der Waals surface area (Å²) >= 11 is 0. The molecule has 1 heterocycles. The lowest BCUT2D eigenvalue weighted by Gasteiger charge is -2.29. The molecule has 1 aromatic heterocycles. The molecule has 1 aliphatic rings. The number of hydrogen-bond donors (Lipinski definition) is 2. The quantitative estimate of drug-likeness (QED) is 0.642. The highest BCUT2D eigenvalue weighted by molar-refractivity contribution is 5.53. The summed E-state index contributed by atoms with van der Waals surface area (Å²) in [7, 11) is 0. The van der Waals surface area contributed by atoms with Gasteiger partial charge >= 0.3 is 0 Å². The van der Waals surface area contributed by atoms with Crippen molar-refractivity contribution in [1.82, 2.24) is 15.5 Å². The molecule has 5 nitrogen and oxygen atoms in total. The van der Waals surface area contributed by atoms with Gasteiger partial charge in [-0.1, -0.05) is 59.8 Å². The third-order valence-electron chi connectivity index (χ3n) is 5.15. The zero-order chi connectivity index (χ0) is 17.8. The van der Waals surface area contributed by atoms with Crippen LogP contribution in [0.1, 0.15) is 29.9 Å². The van der Waals surface area contributed by atoms with Crippen molar-refractivity contribution >= 4 is 0 Å². The second kappa shape index (κ2) is 7.40. The molecule has 0 aliphatic heterocycles. The Balaban J connectivity index is 1.34. The number of fused-ring (bicyclic) bond motifs is 1. The molecule has 0 bridgehead atoms. The molecule has 1 aliphatic carbocycles. The number of rotatable bonds is 7. The van der Waals surface area contributed by atoms with E-state index in [2.05, 4.69) is 33.7 Å². The summed E-state index contributed by atoms with van der Waals surface area (Å²) in [5, 5.41) is 17.6. The van der Waals surface area contributed by atoms with Crippen molar-refractivity contribution in [2.45, 2.75) is 31.2 Å². The van der Waals surface area contributed by atoms with Crippen LogP contribution in [0.25, 0.3) is 11.4 Å². The molecule has 0 spiro atoms. The van der Waals surface area contributed by atoms with Crippen molar-refractivity contribution < 1.29 is 9.63 Å². The molecule has 0 amide bonds. The minimum Gasteiger partial charge on any atom is -0.394 e. The van der Waals surface area contributed by atoms with Gasteiger partial charge in [-0.2, -0.15) is 4.98 Å². The van der Waals surface area contributed by atoms with Crippen LogP contribution in [0.5, 0.6) is 0 Å². The standard InChI is InChI=1S/C21H23N3O2/c25-15-21(13-12-16-7-4-5-10-18(16)21)22-14-6-11-19-23-20(24-26-19)17-8-2-1-3-9-17/h1-5,7-10,22,25H,6,11-15H2. The van der Waals surface area contributed by atoms with Crippen LogP contribution in [0.4, 0.5) is 0 Å². The van der Waals surface area contributed by atoms with Gasteiger partial charge in [-0.15, -0.1) is 0 Å². The van der Waals surface area contributed by atoms with Gasteiger partial charge in [-0.3, -0.25) is 0 Å². The average Bonchev–Trinajstić information content (AvgIpc) is 3.32. The molecule has 1 unspecified atom stereocenters. The number of aryl methyl sites for hydroxylation is 2. The molecule has 2 N–H and O–H groups in total. The summed E-state index contributed by atoms with van der Waals surface area (Å²) in [4.78, 5) is 4.47. The largest absolute Gasteiger partial charge is 0.394 e. The minimum absolute atomic E-state index is 0.114. The Hall–Kier alpha value is -2.50. The van der Waals surface area contributed by atoms with Crippen molar-refractivity contribution in [3.8, 4) is 11.4 Å². The molecule has 3 aromatic rings. The van der Waals surface area contributed by atoms with Gasteiger partial charge in [0.1, 0.15) is 0 Å². The second-order valence-electron chi connectivity index (χ2n) is 6.81. The maximum absolute atomic E-state index is 10.0. The first-order valence-electron chi connectivity index (χ1n) is 9.13. The van der Waals surface area contributed by atoms with Crippen LogP contribution in [-0.4, -0.2) is 28.4 Å². The molecular weight excluding hydrogens is 326 g/mol. The predicted molar refractivity (Wildman–Crippen MR) is 99.6 cm³/mol. The summed E-state index contributed by atoms with van der Waals surface area (Å²) in [5.41, 5.74) is 3.20. The lowest BCUT2D eigenvalue weighted by molar-refractivity contribution is 0.160. The first kappa shape index (κ1) is 16.9. The van der Waals surface area contributed by atoms with E-state index in [0.717, 1.165) is 37.8 Å². The topological polar surface area (TPSA) is 71.2 Å². The van der Waals surface area contributed by atoms with Crippen molar-refractivity contribution in [3.63, 3.8) is 0 Å². The normalized spacial score (nSPS) is 18.8. The Morgan fingerprint density at radius 2 is 1.88 bits per heavy atom. The van der Waals surface area contributed by atoms with Gasteiger partial charge in [-0.25, -0.2) is 0 Å². The van der Waals surface area contributed by atoms with E-state index in [0.29, 0.717) is 11.7 Å². The van der Waals surface area contributed by atoms with E-state index in [9.17, 15) is 5.11 Å². The zero-order valence-corrected chi connectivity index (χ0v) is 14.7.